The molecule has 0 aliphatic heterocycles. The van der Waals surface area contributed by atoms with Crippen LogP contribution in [0.4, 0.5) is 0 Å². The number of hydrogen-bond acceptors (Lipinski definition) is 2. The van der Waals surface area contributed by atoms with Gasteiger partial charge in [-0.1, -0.05) is 51.9 Å². The van der Waals surface area contributed by atoms with Crippen LogP contribution in [0.15, 0.2) is 0 Å². The summed E-state index contributed by atoms with van der Waals surface area (Å²) in [5, 5.41) is 8.01. The Hall–Kier alpha value is -0.830. The van der Waals surface area contributed by atoms with Crippen LogP contribution in [0.3, 0.4) is 0 Å². The molecular weight excluding hydrogens is 258 g/mol. The Bertz CT molecular complexity index is 395. The van der Waals surface area contributed by atoms with Crippen molar-refractivity contribution in [2.24, 2.45) is 7.05 Å². The maximum atomic E-state index is 4.53. The molecule has 1 aromatic heterocycles. The smallest absolute Gasteiger partial charge is 0.0628 e. The molecule has 0 radical (unpaired) electrons. The number of likely N-dealkylation sites (N-methyl/N-ethyl adjacent to an activating group) is 1. The van der Waals surface area contributed by atoms with E-state index in [0.29, 0.717) is 6.04 Å². The lowest BCUT2D eigenvalue weighted by Gasteiger charge is -2.16. The summed E-state index contributed by atoms with van der Waals surface area (Å²) in [6.07, 6.45) is 12.1. The highest BCUT2D eigenvalue weighted by molar-refractivity contribution is 5.25. The van der Waals surface area contributed by atoms with Crippen LogP contribution in [0.25, 0.3) is 0 Å². The molecule has 3 nitrogen and oxygen atoms in total. The lowest BCUT2D eigenvalue weighted by atomic mass is 9.98. The molecule has 0 aliphatic rings. The van der Waals surface area contributed by atoms with Gasteiger partial charge in [0.2, 0.25) is 0 Å². The van der Waals surface area contributed by atoms with E-state index in [-0.39, 0.29) is 0 Å². The van der Waals surface area contributed by atoms with Gasteiger partial charge in [-0.25, -0.2) is 0 Å². The first-order valence-electron chi connectivity index (χ1n) is 8.76. The van der Waals surface area contributed by atoms with Gasteiger partial charge in [0.1, 0.15) is 0 Å². The molecule has 122 valence electrons. The Labute approximate surface area is 131 Å². The minimum absolute atomic E-state index is 0.585. The third-order valence-corrected chi connectivity index (χ3v) is 4.67. The Morgan fingerprint density at radius 3 is 2.19 bits per heavy atom. The molecule has 21 heavy (non-hydrogen) atoms. The summed E-state index contributed by atoms with van der Waals surface area (Å²) < 4.78 is 2.01. The van der Waals surface area contributed by atoms with E-state index in [1.165, 1.54) is 68.3 Å². The van der Waals surface area contributed by atoms with E-state index in [0.717, 1.165) is 6.42 Å². The fourth-order valence-corrected chi connectivity index (χ4v) is 3.06. The van der Waals surface area contributed by atoms with Crippen LogP contribution in [0.1, 0.15) is 75.2 Å². The molecule has 1 N–H and O–H groups in total. The van der Waals surface area contributed by atoms with Gasteiger partial charge in [-0.3, -0.25) is 4.68 Å². The molecule has 0 fully saturated rings. The molecule has 1 rings (SSSR count). The van der Waals surface area contributed by atoms with E-state index in [4.69, 9.17) is 0 Å². The monoisotopic (exact) mass is 293 g/mol. The predicted octanol–water partition coefficient (Wildman–Crippen LogP) is 4.31. The number of unbranched alkanes of at least 4 members (excludes halogenated alkanes) is 6. The molecule has 0 saturated heterocycles. The van der Waals surface area contributed by atoms with Gasteiger partial charge >= 0.3 is 0 Å². The van der Waals surface area contributed by atoms with Gasteiger partial charge in [-0.05, 0) is 39.3 Å². The van der Waals surface area contributed by atoms with Crippen LogP contribution in [0.2, 0.25) is 0 Å². The molecule has 0 aromatic carbocycles. The van der Waals surface area contributed by atoms with Crippen LogP contribution >= 0.6 is 0 Å². The van der Waals surface area contributed by atoms with Gasteiger partial charge in [0, 0.05) is 18.8 Å². The first kappa shape index (κ1) is 18.2. The van der Waals surface area contributed by atoms with Crippen LogP contribution < -0.4 is 5.32 Å². The van der Waals surface area contributed by atoms with Crippen molar-refractivity contribution in [2.75, 3.05) is 7.05 Å². The standard InChI is InChI=1S/C18H35N3/c1-6-7-8-9-10-11-12-13-17(19-4)14-18-15(2)20-21(5)16(18)3/h17,19H,6-14H2,1-5H3. The van der Waals surface area contributed by atoms with E-state index >= 15 is 0 Å². The SMILES string of the molecule is CCCCCCCCCC(Cc1c(C)nn(C)c1C)NC. The van der Waals surface area contributed by atoms with Gasteiger partial charge in [0.15, 0.2) is 0 Å². The molecule has 1 unspecified atom stereocenters. The number of hydrogen-bond donors (Lipinski definition) is 1. The minimum Gasteiger partial charge on any atom is -0.317 e. The molecule has 0 aliphatic carbocycles. The van der Waals surface area contributed by atoms with Gasteiger partial charge < -0.3 is 5.32 Å². The number of rotatable bonds is 11. The van der Waals surface area contributed by atoms with Crippen molar-refractivity contribution in [1.82, 2.24) is 15.1 Å². The molecule has 1 atom stereocenters. The first-order chi connectivity index (χ1) is 10.1. The fraction of sp³-hybridized carbons (Fsp3) is 0.833. The molecule has 0 saturated carbocycles. The number of aromatic nitrogens is 2. The summed E-state index contributed by atoms with van der Waals surface area (Å²) in [7, 11) is 4.13. The lowest BCUT2D eigenvalue weighted by molar-refractivity contribution is 0.477. The molecule has 0 bridgehead atoms. The van der Waals surface area contributed by atoms with Crippen LogP contribution in [0, 0.1) is 13.8 Å². The van der Waals surface area contributed by atoms with Gasteiger partial charge in [0.05, 0.1) is 5.69 Å². The summed E-state index contributed by atoms with van der Waals surface area (Å²) in [5.41, 5.74) is 3.93. The predicted molar refractivity (Wildman–Crippen MR) is 91.8 cm³/mol. The zero-order valence-electron chi connectivity index (χ0n) is 14.8. The summed E-state index contributed by atoms with van der Waals surface area (Å²) in [6, 6.07) is 0.585. The van der Waals surface area contributed by atoms with E-state index in [2.05, 4.69) is 38.2 Å². The Balaban J connectivity index is 2.29. The summed E-state index contributed by atoms with van der Waals surface area (Å²) in [5.74, 6) is 0. The van der Waals surface area contributed by atoms with E-state index in [1.54, 1.807) is 0 Å². The lowest BCUT2D eigenvalue weighted by Crippen LogP contribution is -2.28. The average Bonchev–Trinajstić information content (AvgIpc) is 2.71. The van der Waals surface area contributed by atoms with Gasteiger partial charge in [-0.2, -0.15) is 5.10 Å². The number of nitrogens with zero attached hydrogens (tertiary/aromatic N) is 2. The molecule has 1 heterocycles. The Morgan fingerprint density at radius 1 is 1.05 bits per heavy atom. The second-order valence-corrected chi connectivity index (χ2v) is 6.37. The maximum absolute atomic E-state index is 4.53. The van der Waals surface area contributed by atoms with Crippen molar-refractivity contribution in [2.45, 2.75) is 84.6 Å². The zero-order valence-corrected chi connectivity index (χ0v) is 14.8. The molecule has 0 spiro atoms. The van der Waals surface area contributed by atoms with E-state index < -0.39 is 0 Å². The van der Waals surface area contributed by atoms with Crippen molar-refractivity contribution >= 4 is 0 Å². The summed E-state index contributed by atoms with van der Waals surface area (Å²) in [6.45, 7) is 6.58. The molecular formula is C18H35N3. The summed E-state index contributed by atoms with van der Waals surface area (Å²) in [4.78, 5) is 0. The summed E-state index contributed by atoms with van der Waals surface area (Å²) >= 11 is 0. The Kier molecular flexibility index (Phi) is 8.67. The highest BCUT2D eigenvalue weighted by Crippen LogP contribution is 2.17. The first-order valence-corrected chi connectivity index (χ1v) is 8.76. The average molecular weight is 293 g/mol. The third-order valence-electron chi connectivity index (χ3n) is 4.67. The van der Waals surface area contributed by atoms with Gasteiger partial charge in [-0.15, -0.1) is 0 Å². The van der Waals surface area contributed by atoms with Gasteiger partial charge in [0.25, 0.3) is 0 Å². The van der Waals surface area contributed by atoms with Crippen LogP contribution in [-0.4, -0.2) is 22.9 Å². The van der Waals surface area contributed by atoms with Crippen molar-refractivity contribution in [3.8, 4) is 0 Å². The molecule has 1 aromatic rings. The largest absolute Gasteiger partial charge is 0.317 e. The number of nitrogens with one attached hydrogen (secondary N) is 1. The highest BCUT2D eigenvalue weighted by atomic mass is 15.3. The molecule has 3 heteroatoms. The number of aryl methyl sites for hydroxylation is 2. The van der Waals surface area contributed by atoms with Crippen molar-refractivity contribution in [1.29, 1.82) is 0 Å². The molecule has 0 amide bonds. The fourth-order valence-electron chi connectivity index (χ4n) is 3.06. The minimum atomic E-state index is 0.585. The second kappa shape index (κ2) is 9.99. The van der Waals surface area contributed by atoms with Crippen molar-refractivity contribution in [3.63, 3.8) is 0 Å². The third kappa shape index (κ3) is 6.21. The van der Waals surface area contributed by atoms with E-state index in [9.17, 15) is 0 Å². The zero-order chi connectivity index (χ0) is 15.7. The normalized spacial score (nSPS) is 12.8. The second-order valence-electron chi connectivity index (χ2n) is 6.37. The van der Waals surface area contributed by atoms with Crippen LogP contribution in [0.5, 0.6) is 0 Å². The van der Waals surface area contributed by atoms with Crippen LogP contribution in [-0.2, 0) is 13.5 Å². The topological polar surface area (TPSA) is 29.9 Å². The van der Waals surface area contributed by atoms with E-state index in [1.807, 2.05) is 11.7 Å². The maximum Gasteiger partial charge on any atom is 0.0628 e. The highest BCUT2D eigenvalue weighted by Gasteiger charge is 2.14. The quantitative estimate of drug-likeness (QED) is 0.616. The van der Waals surface area contributed by atoms with Crippen molar-refractivity contribution in [3.05, 3.63) is 17.0 Å². The Morgan fingerprint density at radius 2 is 1.67 bits per heavy atom. The van der Waals surface area contributed by atoms with Crippen molar-refractivity contribution < 1.29 is 0 Å².